The average Bonchev–Trinajstić information content (AvgIpc) is 2.52. The van der Waals surface area contributed by atoms with Crippen molar-refractivity contribution in [2.75, 3.05) is 19.6 Å². The Labute approximate surface area is 84.1 Å². The standard InChI is InChI=1S/C9H17N5/c1-8-5-14(4-3-10-8)6-9-11-7-12-13(9)2/h7-8,10H,3-6H2,1-2H3. The zero-order valence-electron chi connectivity index (χ0n) is 8.77. The van der Waals surface area contributed by atoms with Gasteiger partial charge in [0.1, 0.15) is 12.2 Å². The highest BCUT2D eigenvalue weighted by Gasteiger charge is 2.16. The molecule has 1 aromatic rings. The number of aryl methyl sites for hydroxylation is 1. The van der Waals surface area contributed by atoms with Gasteiger partial charge in [-0.2, -0.15) is 5.10 Å². The molecule has 0 amide bonds. The van der Waals surface area contributed by atoms with Crippen molar-refractivity contribution in [1.82, 2.24) is 25.0 Å². The molecule has 1 atom stereocenters. The third-order valence-electron chi connectivity index (χ3n) is 2.62. The molecule has 5 nitrogen and oxygen atoms in total. The van der Waals surface area contributed by atoms with Crippen LogP contribution in [0, 0.1) is 0 Å². The molecule has 1 aromatic heterocycles. The maximum Gasteiger partial charge on any atom is 0.140 e. The Kier molecular flexibility index (Phi) is 2.79. The lowest BCUT2D eigenvalue weighted by atomic mass is 10.2. The van der Waals surface area contributed by atoms with Crippen molar-refractivity contribution >= 4 is 0 Å². The van der Waals surface area contributed by atoms with E-state index in [-0.39, 0.29) is 0 Å². The van der Waals surface area contributed by atoms with E-state index in [4.69, 9.17) is 0 Å². The van der Waals surface area contributed by atoms with Gasteiger partial charge in [-0.05, 0) is 6.92 Å². The van der Waals surface area contributed by atoms with Gasteiger partial charge in [0.15, 0.2) is 0 Å². The predicted octanol–water partition coefficient (Wildman–Crippen LogP) is -0.391. The Morgan fingerprint density at radius 2 is 2.50 bits per heavy atom. The first-order chi connectivity index (χ1) is 6.75. The predicted molar refractivity (Wildman–Crippen MR) is 53.7 cm³/mol. The van der Waals surface area contributed by atoms with Crippen molar-refractivity contribution in [3.8, 4) is 0 Å². The summed E-state index contributed by atoms with van der Waals surface area (Å²) in [6.07, 6.45) is 1.61. The number of rotatable bonds is 2. The normalized spacial score (nSPS) is 24.0. The van der Waals surface area contributed by atoms with Crippen molar-refractivity contribution in [3.05, 3.63) is 12.2 Å². The Bertz CT molecular complexity index is 295. The first-order valence-corrected chi connectivity index (χ1v) is 5.04. The zero-order valence-corrected chi connectivity index (χ0v) is 8.77. The number of nitrogens with zero attached hydrogens (tertiary/aromatic N) is 4. The Balaban J connectivity index is 1.94. The number of hydrogen-bond donors (Lipinski definition) is 1. The van der Waals surface area contributed by atoms with Crippen LogP contribution in [0.4, 0.5) is 0 Å². The van der Waals surface area contributed by atoms with E-state index in [1.165, 1.54) is 0 Å². The van der Waals surface area contributed by atoms with Crippen LogP contribution in [0.2, 0.25) is 0 Å². The van der Waals surface area contributed by atoms with Gasteiger partial charge in [0.25, 0.3) is 0 Å². The molecule has 5 heteroatoms. The molecule has 2 rings (SSSR count). The number of piperazine rings is 1. The molecular weight excluding hydrogens is 178 g/mol. The molecule has 0 saturated carbocycles. The summed E-state index contributed by atoms with van der Waals surface area (Å²) in [5.74, 6) is 1.04. The Morgan fingerprint density at radius 3 is 3.14 bits per heavy atom. The summed E-state index contributed by atoms with van der Waals surface area (Å²) in [6, 6.07) is 0.581. The van der Waals surface area contributed by atoms with Crippen LogP contribution in [0.15, 0.2) is 6.33 Å². The van der Waals surface area contributed by atoms with Gasteiger partial charge in [-0.25, -0.2) is 4.98 Å². The van der Waals surface area contributed by atoms with E-state index >= 15 is 0 Å². The molecule has 1 unspecified atom stereocenters. The lowest BCUT2D eigenvalue weighted by molar-refractivity contribution is 0.193. The minimum absolute atomic E-state index is 0.581. The maximum atomic E-state index is 4.22. The average molecular weight is 195 g/mol. The summed E-state index contributed by atoms with van der Waals surface area (Å²) in [7, 11) is 1.94. The van der Waals surface area contributed by atoms with E-state index in [2.05, 4.69) is 27.2 Å². The topological polar surface area (TPSA) is 46.0 Å². The molecule has 2 heterocycles. The molecule has 1 N–H and O–H groups in total. The summed E-state index contributed by atoms with van der Waals surface area (Å²) < 4.78 is 1.84. The van der Waals surface area contributed by atoms with E-state index in [0.717, 1.165) is 32.0 Å². The Hall–Kier alpha value is -0.940. The fourth-order valence-electron chi connectivity index (χ4n) is 1.82. The van der Waals surface area contributed by atoms with Crippen LogP contribution in [-0.4, -0.2) is 45.3 Å². The quantitative estimate of drug-likeness (QED) is 0.698. The first kappa shape index (κ1) is 9.61. The van der Waals surface area contributed by atoms with Gasteiger partial charge < -0.3 is 5.32 Å². The summed E-state index contributed by atoms with van der Waals surface area (Å²) in [5.41, 5.74) is 0. The van der Waals surface area contributed by atoms with Crippen molar-refractivity contribution in [2.45, 2.75) is 19.5 Å². The van der Waals surface area contributed by atoms with Gasteiger partial charge in [0.2, 0.25) is 0 Å². The van der Waals surface area contributed by atoms with Gasteiger partial charge in [-0.15, -0.1) is 0 Å². The smallest absolute Gasteiger partial charge is 0.140 e. The monoisotopic (exact) mass is 195 g/mol. The van der Waals surface area contributed by atoms with Crippen LogP contribution in [0.25, 0.3) is 0 Å². The molecule has 1 saturated heterocycles. The number of aromatic nitrogens is 3. The van der Waals surface area contributed by atoms with Gasteiger partial charge in [-0.3, -0.25) is 9.58 Å². The third-order valence-corrected chi connectivity index (χ3v) is 2.62. The molecule has 1 aliphatic heterocycles. The van der Waals surface area contributed by atoms with Crippen molar-refractivity contribution in [1.29, 1.82) is 0 Å². The minimum Gasteiger partial charge on any atom is -0.312 e. The second-order valence-electron chi connectivity index (χ2n) is 3.89. The van der Waals surface area contributed by atoms with Crippen LogP contribution in [0.5, 0.6) is 0 Å². The van der Waals surface area contributed by atoms with Crippen molar-refractivity contribution < 1.29 is 0 Å². The minimum atomic E-state index is 0.581. The molecule has 0 radical (unpaired) electrons. The fourth-order valence-corrected chi connectivity index (χ4v) is 1.82. The number of nitrogens with one attached hydrogen (secondary N) is 1. The summed E-state index contributed by atoms with van der Waals surface area (Å²) in [4.78, 5) is 6.63. The third kappa shape index (κ3) is 2.10. The van der Waals surface area contributed by atoms with Crippen LogP contribution in [0.3, 0.4) is 0 Å². The van der Waals surface area contributed by atoms with Gasteiger partial charge in [0.05, 0.1) is 6.54 Å². The highest BCUT2D eigenvalue weighted by molar-refractivity contribution is 4.86. The largest absolute Gasteiger partial charge is 0.312 e. The SMILES string of the molecule is CC1CN(Cc2ncnn2C)CCN1. The van der Waals surface area contributed by atoms with Crippen molar-refractivity contribution in [3.63, 3.8) is 0 Å². The second-order valence-corrected chi connectivity index (χ2v) is 3.89. The summed E-state index contributed by atoms with van der Waals surface area (Å²) in [5, 5.41) is 7.49. The van der Waals surface area contributed by atoms with Gasteiger partial charge in [0, 0.05) is 32.7 Å². The molecule has 1 fully saturated rings. The molecule has 78 valence electrons. The highest BCUT2D eigenvalue weighted by atomic mass is 15.3. The summed E-state index contributed by atoms with van der Waals surface area (Å²) in [6.45, 7) is 6.37. The number of hydrogen-bond acceptors (Lipinski definition) is 4. The first-order valence-electron chi connectivity index (χ1n) is 5.04. The van der Waals surface area contributed by atoms with Crippen molar-refractivity contribution in [2.24, 2.45) is 7.05 Å². The maximum absolute atomic E-state index is 4.22. The Morgan fingerprint density at radius 1 is 1.64 bits per heavy atom. The van der Waals surface area contributed by atoms with E-state index < -0.39 is 0 Å². The molecule has 14 heavy (non-hydrogen) atoms. The zero-order chi connectivity index (χ0) is 9.97. The molecule has 0 aromatic carbocycles. The van der Waals surface area contributed by atoms with E-state index in [9.17, 15) is 0 Å². The highest BCUT2D eigenvalue weighted by Crippen LogP contribution is 2.03. The molecular formula is C9H17N5. The van der Waals surface area contributed by atoms with Gasteiger partial charge in [-0.1, -0.05) is 0 Å². The van der Waals surface area contributed by atoms with E-state index in [1.54, 1.807) is 6.33 Å². The molecule has 0 bridgehead atoms. The lowest BCUT2D eigenvalue weighted by Crippen LogP contribution is -2.48. The van der Waals surface area contributed by atoms with Crippen LogP contribution in [-0.2, 0) is 13.6 Å². The second kappa shape index (κ2) is 4.06. The van der Waals surface area contributed by atoms with Crippen LogP contribution in [0.1, 0.15) is 12.7 Å². The fraction of sp³-hybridized carbons (Fsp3) is 0.778. The lowest BCUT2D eigenvalue weighted by Gasteiger charge is -2.31. The van der Waals surface area contributed by atoms with E-state index in [0.29, 0.717) is 6.04 Å². The molecule has 0 aliphatic carbocycles. The van der Waals surface area contributed by atoms with Gasteiger partial charge >= 0.3 is 0 Å². The summed E-state index contributed by atoms with van der Waals surface area (Å²) >= 11 is 0. The van der Waals surface area contributed by atoms with Crippen LogP contribution >= 0.6 is 0 Å². The molecule has 0 spiro atoms. The van der Waals surface area contributed by atoms with E-state index in [1.807, 2.05) is 11.7 Å². The molecule has 1 aliphatic rings. The van der Waals surface area contributed by atoms with Crippen LogP contribution < -0.4 is 5.32 Å².